The van der Waals surface area contributed by atoms with E-state index in [0.29, 0.717) is 14.7 Å². The largest absolute Gasteiger partial charge is 0.328 e. The molecule has 0 aliphatic carbocycles. The van der Waals surface area contributed by atoms with Crippen LogP contribution >= 0.6 is 27.3 Å². The number of nitrogens with one attached hydrogen (secondary N) is 1. The molecule has 0 amide bonds. The van der Waals surface area contributed by atoms with Crippen LogP contribution in [-0.2, 0) is 0 Å². The lowest BCUT2D eigenvalue weighted by atomic mass is 10.3. The van der Waals surface area contributed by atoms with Crippen LogP contribution in [0.3, 0.4) is 0 Å². The van der Waals surface area contributed by atoms with Crippen molar-refractivity contribution in [1.82, 2.24) is 10.2 Å². The fourth-order valence-electron chi connectivity index (χ4n) is 0.934. The number of nitrogens with zero attached hydrogens (tertiary/aromatic N) is 2. The fourth-order valence-corrected chi connectivity index (χ4v) is 1.96. The third kappa shape index (κ3) is 2.08. The Hall–Kier alpha value is -1.01. The Bertz CT molecular complexity index is 446. The summed E-state index contributed by atoms with van der Waals surface area (Å²) in [6.07, 6.45) is 0. The second-order valence-corrected chi connectivity index (χ2v) is 4.72. The highest BCUT2D eigenvalue weighted by Gasteiger charge is 2.04. The van der Waals surface area contributed by atoms with Crippen molar-refractivity contribution in [2.45, 2.75) is 0 Å². The molecule has 0 aliphatic rings. The molecule has 0 saturated carbocycles. The zero-order chi connectivity index (χ0) is 9.97. The predicted molar refractivity (Wildman–Crippen MR) is 57.3 cm³/mol. The summed E-state index contributed by atoms with van der Waals surface area (Å²) >= 11 is 4.48. The van der Waals surface area contributed by atoms with Crippen molar-refractivity contribution in [3.63, 3.8) is 0 Å². The number of rotatable bonds is 2. The van der Waals surface area contributed by atoms with Crippen LogP contribution in [-0.4, -0.2) is 10.2 Å². The molecule has 2 rings (SSSR count). The molecule has 0 fully saturated rings. The van der Waals surface area contributed by atoms with E-state index in [1.165, 1.54) is 17.4 Å². The number of hydrogen-bond donors (Lipinski definition) is 1. The number of aromatic nitrogens is 2. The third-order valence-corrected chi connectivity index (χ3v) is 2.79. The molecule has 0 radical (unpaired) electrons. The van der Waals surface area contributed by atoms with E-state index < -0.39 is 0 Å². The molecule has 0 aliphatic heterocycles. The van der Waals surface area contributed by atoms with Crippen molar-refractivity contribution >= 4 is 38.1 Å². The average Bonchev–Trinajstić information content (AvgIpc) is 2.56. The smallest absolute Gasteiger partial charge is 0.210 e. The van der Waals surface area contributed by atoms with Crippen LogP contribution < -0.4 is 5.32 Å². The maximum atomic E-state index is 13.2. The highest BCUT2D eigenvalue weighted by molar-refractivity contribution is 9.11. The molecule has 1 aromatic heterocycles. The first-order valence-electron chi connectivity index (χ1n) is 3.76. The molecule has 6 heteroatoms. The number of hydrogen-bond acceptors (Lipinski definition) is 4. The average molecular weight is 274 g/mol. The molecule has 14 heavy (non-hydrogen) atoms. The van der Waals surface area contributed by atoms with E-state index in [9.17, 15) is 4.39 Å². The molecule has 0 spiro atoms. The Labute approximate surface area is 92.1 Å². The Kier molecular flexibility index (Phi) is 2.74. The summed E-state index contributed by atoms with van der Waals surface area (Å²) in [6, 6.07) is 6.42. The Balaban J connectivity index is 2.23. The van der Waals surface area contributed by atoms with Crippen molar-refractivity contribution in [3.8, 4) is 0 Å². The standard InChI is InChI=1S/C8H5BrFN3S/c9-7-12-13-8(14-7)11-6-4-2-1-3-5(6)10/h1-4H,(H,11,13). The Morgan fingerprint density at radius 2 is 2.07 bits per heavy atom. The Morgan fingerprint density at radius 1 is 1.29 bits per heavy atom. The van der Waals surface area contributed by atoms with E-state index in [4.69, 9.17) is 0 Å². The van der Waals surface area contributed by atoms with Gasteiger partial charge < -0.3 is 5.32 Å². The first kappa shape index (κ1) is 9.54. The third-order valence-electron chi connectivity index (χ3n) is 1.52. The van der Waals surface area contributed by atoms with Crippen LogP contribution in [0.15, 0.2) is 28.2 Å². The molecule has 1 aromatic carbocycles. The molecule has 72 valence electrons. The summed E-state index contributed by atoms with van der Waals surface area (Å²) in [5, 5.41) is 10.9. The monoisotopic (exact) mass is 273 g/mol. The molecule has 0 atom stereocenters. The molecular weight excluding hydrogens is 269 g/mol. The van der Waals surface area contributed by atoms with Crippen LogP contribution in [0, 0.1) is 5.82 Å². The Morgan fingerprint density at radius 3 is 2.71 bits per heavy atom. The van der Waals surface area contributed by atoms with Gasteiger partial charge in [0.15, 0.2) is 3.92 Å². The molecule has 0 saturated heterocycles. The summed E-state index contributed by atoms with van der Waals surface area (Å²) in [7, 11) is 0. The van der Waals surface area contributed by atoms with E-state index >= 15 is 0 Å². The van der Waals surface area contributed by atoms with E-state index in [1.54, 1.807) is 18.2 Å². The van der Waals surface area contributed by atoms with Gasteiger partial charge in [-0.05, 0) is 28.1 Å². The summed E-state index contributed by atoms with van der Waals surface area (Å²) < 4.78 is 13.8. The van der Waals surface area contributed by atoms with E-state index in [1.807, 2.05) is 0 Å². The van der Waals surface area contributed by atoms with Crippen molar-refractivity contribution in [2.75, 3.05) is 5.32 Å². The minimum absolute atomic E-state index is 0.307. The van der Waals surface area contributed by atoms with Crippen LogP contribution in [0.25, 0.3) is 0 Å². The van der Waals surface area contributed by atoms with E-state index in [2.05, 4.69) is 31.4 Å². The number of halogens is 2. The SMILES string of the molecule is Fc1ccccc1Nc1nnc(Br)s1. The second-order valence-electron chi connectivity index (χ2n) is 2.47. The molecule has 2 aromatic rings. The minimum atomic E-state index is -0.307. The molecular formula is C8H5BrFN3S. The van der Waals surface area contributed by atoms with Gasteiger partial charge >= 0.3 is 0 Å². The highest BCUT2D eigenvalue weighted by atomic mass is 79.9. The van der Waals surface area contributed by atoms with Gasteiger partial charge in [0, 0.05) is 0 Å². The number of para-hydroxylation sites is 1. The zero-order valence-electron chi connectivity index (χ0n) is 6.87. The first-order chi connectivity index (χ1) is 6.75. The topological polar surface area (TPSA) is 37.8 Å². The van der Waals surface area contributed by atoms with Crippen molar-refractivity contribution in [1.29, 1.82) is 0 Å². The molecule has 0 unspecified atom stereocenters. The quantitative estimate of drug-likeness (QED) is 0.913. The molecule has 3 nitrogen and oxygen atoms in total. The van der Waals surface area contributed by atoms with E-state index in [-0.39, 0.29) is 5.82 Å². The van der Waals surface area contributed by atoms with Gasteiger partial charge in [-0.15, -0.1) is 10.2 Å². The first-order valence-corrected chi connectivity index (χ1v) is 5.37. The molecule has 0 bridgehead atoms. The lowest BCUT2D eigenvalue weighted by molar-refractivity contribution is 0.632. The van der Waals surface area contributed by atoms with Crippen LogP contribution in [0.2, 0.25) is 0 Å². The van der Waals surface area contributed by atoms with Crippen LogP contribution in [0.1, 0.15) is 0 Å². The van der Waals surface area contributed by atoms with Gasteiger partial charge in [0.05, 0.1) is 5.69 Å². The number of anilines is 2. The highest BCUT2D eigenvalue weighted by Crippen LogP contribution is 2.24. The number of benzene rings is 1. The van der Waals surface area contributed by atoms with Gasteiger partial charge in [-0.2, -0.15) is 0 Å². The molecule has 1 N–H and O–H groups in total. The van der Waals surface area contributed by atoms with Gasteiger partial charge in [-0.25, -0.2) is 4.39 Å². The fraction of sp³-hybridized carbons (Fsp3) is 0. The van der Waals surface area contributed by atoms with Gasteiger partial charge in [0.1, 0.15) is 5.82 Å². The predicted octanol–water partition coefficient (Wildman–Crippen LogP) is 3.18. The summed E-state index contributed by atoms with van der Waals surface area (Å²) in [4.78, 5) is 0. The lowest BCUT2D eigenvalue weighted by Crippen LogP contribution is -1.92. The summed E-state index contributed by atoms with van der Waals surface area (Å²) in [6.45, 7) is 0. The van der Waals surface area contributed by atoms with Gasteiger partial charge in [0.25, 0.3) is 0 Å². The maximum absolute atomic E-state index is 13.2. The second kappa shape index (κ2) is 4.02. The normalized spacial score (nSPS) is 10.1. The van der Waals surface area contributed by atoms with Gasteiger partial charge in [-0.1, -0.05) is 23.5 Å². The molecule has 1 heterocycles. The maximum Gasteiger partial charge on any atom is 0.210 e. The zero-order valence-corrected chi connectivity index (χ0v) is 9.27. The van der Waals surface area contributed by atoms with Crippen LogP contribution in [0.4, 0.5) is 15.2 Å². The lowest BCUT2D eigenvalue weighted by Gasteiger charge is -2.01. The van der Waals surface area contributed by atoms with E-state index in [0.717, 1.165) is 0 Å². The van der Waals surface area contributed by atoms with Gasteiger partial charge in [0.2, 0.25) is 5.13 Å². The van der Waals surface area contributed by atoms with Crippen LogP contribution in [0.5, 0.6) is 0 Å². The van der Waals surface area contributed by atoms with Crippen molar-refractivity contribution < 1.29 is 4.39 Å². The summed E-state index contributed by atoms with van der Waals surface area (Å²) in [5.41, 5.74) is 0.399. The van der Waals surface area contributed by atoms with Crippen molar-refractivity contribution in [2.24, 2.45) is 0 Å². The minimum Gasteiger partial charge on any atom is -0.328 e. The van der Waals surface area contributed by atoms with Gasteiger partial charge in [-0.3, -0.25) is 0 Å². The van der Waals surface area contributed by atoms with Crippen molar-refractivity contribution in [3.05, 3.63) is 34.0 Å². The summed E-state index contributed by atoms with van der Waals surface area (Å²) in [5.74, 6) is -0.307.